The molecule has 0 fully saturated rings. The van der Waals surface area contributed by atoms with Gasteiger partial charge in [0.1, 0.15) is 11.4 Å². The van der Waals surface area contributed by atoms with Crippen LogP contribution in [0, 0.1) is 0 Å². The summed E-state index contributed by atoms with van der Waals surface area (Å²) in [5.74, 6) is -0.875. The van der Waals surface area contributed by atoms with Crippen LogP contribution in [0.2, 0.25) is 0 Å². The summed E-state index contributed by atoms with van der Waals surface area (Å²) in [5, 5.41) is 4.45. The van der Waals surface area contributed by atoms with E-state index in [1.54, 1.807) is 11.4 Å². The van der Waals surface area contributed by atoms with Crippen LogP contribution in [0.3, 0.4) is 0 Å². The molecular weight excluding hydrogens is 451 g/mol. The second-order valence-corrected chi connectivity index (χ2v) is 7.30. The molecule has 1 aromatic carbocycles. The van der Waals surface area contributed by atoms with Gasteiger partial charge in [0.05, 0.1) is 17.5 Å². The van der Waals surface area contributed by atoms with Crippen LogP contribution in [0.1, 0.15) is 5.56 Å². The van der Waals surface area contributed by atoms with Crippen molar-refractivity contribution >= 4 is 33.4 Å². The fourth-order valence-electron chi connectivity index (χ4n) is 2.95. The van der Waals surface area contributed by atoms with Gasteiger partial charge in [-0.3, -0.25) is 19.6 Å². The molecule has 4 aromatic rings. The van der Waals surface area contributed by atoms with Crippen molar-refractivity contribution in [2.24, 2.45) is 0 Å². The number of alkyl halides is 3. The molecule has 0 saturated heterocycles. The van der Waals surface area contributed by atoms with Gasteiger partial charge in [0.15, 0.2) is 5.13 Å². The van der Waals surface area contributed by atoms with Crippen LogP contribution in [0.15, 0.2) is 51.5 Å². The van der Waals surface area contributed by atoms with Crippen LogP contribution < -0.4 is 21.3 Å². The Bertz CT molecular complexity index is 1430. The number of anilines is 1. The average Bonchev–Trinajstić information content (AvgIpc) is 3.15. The van der Waals surface area contributed by atoms with E-state index in [1.165, 1.54) is 30.5 Å². The van der Waals surface area contributed by atoms with Crippen molar-refractivity contribution in [3.8, 4) is 17.0 Å². The van der Waals surface area contributed by atoms with Crippen molar-refractivity contribution in [1.82, 2.24) is 19.9 Å². The maximum Gasteiger partial charge on any atom is 0.573 e. The summed E-state index contributed by atoms with van der Waals surface area (Å²) in [6.45, 7) is 0. The minimum Gasteiger partial charge on any atom is -0.406 e. The Balaban J connectivity index is 1.51. The van der Waals surface area contributed by atoms with Gasteiger partial charge in [-0.15, -0.1) is 24.5 Å². The van der Waals surface area contributed by atoms with Crippen molar-refractivity contribution in [2.75, 3.05) is 5.32 Å². The van der Waals surface area contributed by atoms with E-state index in [1.807, 2.05) is 0 Å². The van der Waals surface area contributed by atoms with Gasteiger partial charge < -0.3 is 10.1 Å². The first-order valence-corrected chi connectivity index (χ1v) is 9.78. The molecule has 13 heteroatoms. The van der Waals surface area contributed by atoms with Gasteiger partial charge in [0.25, 0.3) is 5.56 Å². The number of rotatable bonds is 5. The second-order valence-electron chi connectivity index (χ2n) is 6.44. The summed E-state index contributed by atoms with van der Waals surface area (Å²) in [7, 11) is 0. The standard InChI is InChI=1S/C19H12F3N5O4S/c20-19(21,22)31-11-3-1-2-9(6-11)12-8-32-18(24-12)25-13(28)7-10-4-5-23-15-14(10)16(29)27-17(30)26-15/h1-6,8H,7H2,(H,24,25,28)(H2,23,26,27,29,30). The molecule has 0 unspecified atom stereocenters. The Morgan fingerprint density at radius 1 is 1.19 bits per heavy atom. The van der Waals surface area contributed by atoms with Crippen LogP contribution in [-0.4, -0.2) is 32.2 Å². The van der Waals surface area contributed by atoms with Gasteiger partial charge in [-0.1, -0.05) is 12.1 Å². The molecule has 0 radical (unpaired) electrons. The first-order valence-electron chi connectivity index (χ1n) is 8.90. The Hall–Kier alpha value is -4.00. The number of amides is 1. The second kappa shape index (κ2) is 8.26. The molecule has 0 aliphatic rings. The lowest BCUT2D eigenvalue weighted by atomic mass is 10.1. The number of pyridine rings is 1. The van der Waals surface area contributed by atoms with Gasteiger partial charge in [0.2, 0.25) is 5.91 Å². The number of fused-ring (bicyclic) bond motifs is 1. The topological polar surface area (TPSA) is 130 Å². The van der Waals surface area contributed by atoms with E-state index < -0.39 is 23.5 Å². The number of thiazole rings is 1. The largest absolute Gasteiger partial charge is 0.573 e. The minimum absolute atomic E-state index is 0.0570. The third-order valence-electron chi connectivity index (χ3n) is 4.19. The smallest absolute Gasteiger partial charge is 0.406 e. The zero-order valence-electron chi connectivity index (χ0n) is 15.8. The van der Waals surface area contributed by atoms with E-state index in [9.17, 15) is 27.6 Å². The maximum absolute atomic E-state index is 12.5. The van der Waals surface area contributed by atoms with E-state index in [0.717, 1.165) is 11.3 Å². The van der Waals surface area contributed by atoms with E-state index in [-0.39, 0.29) is 28.3 Å². The number of nitrogens with zero attached hydrogens (tertiary/aromatic N) is 2. The minimum atomic E-state index is -4.81. The lowest BCUT2D eigenvalue weighted by Crippen LogP contribution is -2.24. The summed E-state index contributed by atoms with van der Waals surface area (Å²) in [6.07, 6.45) is -3.65. The number of benzene rings is 1. The van der Waals surface area contributed by atoms with Crippen LogP contribution in [0.4, 0.5) is 18.3 Å². The normalized spacial score (nSPS) is 11.5. The summed E-state index contributed by atoms with van der Waals surface area (Å²) < 4.78 is 41.2. The molecule has 9 nitrogen and oxygen atoms in total. The molecule has 1 amide bonds. The number of aromatic amines is 2. The van der Waals surface area contributed by atoms with Crippen LogP contribution in [0.5, 0.6) is 5.75 Å². The first-order chi connectivity index (χ1) is 15.2. The lowest BCUT2D eigenvalue weighted by Gasteiger charge is -2.09. The van der Waals surface area contributed by atoms with Gasteiger partial charge in [0, 0.05) is 17.1 Å². The number of H-pyrrole nitrogens is 2. The molecule has 0 bridgehead atoms. The van der Waals surface area contributed by atoms with Gasteiger partial charge in [-0.2, -0.15) is 0 Å². The molecule has 0 aliphatic carbocycles. The molecule has 32 heavy (non-hydrogen) atoms. The van der Waals surface area contributed by atoms with E-state index in [2.05, 4.69) is 30.0 Å². The molecule has 0 spiro atoms. The highest BCUT2D eigenvalue weighted by molar-refractivity contribution is 7.14. The van der Waals surface area contributed by atoms with Crippen molar-refractivity contribution in [2.45, 2.75) is 12.8 Å². The predicted octanol–water partition coefficient (Wildman–Crippen LogP) is 2.81. The van der Waals surface area contributed by atoms with Gasteiger partial charge in [-0.05, 0) is 23.8 Å². The third-order valence-corrected chi connectivity index (χ3v) is 4.95. The monoisotopic (exact) mass is 463 g/mol. The maximum atomic E-state index is 12.5. The van der Waals surface area contributed by atoms with Crippen LogP contribution >= 0.6 is 11.3 Å². The quantitative estimate of drug-likeness (QED) is 0.417. The molecular formula is C19H12F3N5O4S. The molecule has 4 rings (SSSR count). The fraction of sp³-hybridized carbons (Fsp3) is 0.105. The Morgan fingerprint density at radius 3 is 2.78 bits per heavy atom. The van der Waals surface area contributed by atoms with Crippen molar-refractivity contribution in [3.05, 3.63) is 68.3 Å². The molecule has 164 valence electrons. The first kappa shape index (κ1) is 21.2. The molecule has 0 atom stereocenters. The van der Waals surface area contributed by atoms with E-state index in [4.69, 9.17) is 0 Å². The average molecular weight is 463 g/mol. The number of hydrogen-bond donors (Lipinski definition) is 3. The SMILES string of the molecule is O=C(Cc1ccnc2[nH]c(=O)[nH]c(=O)c12)Nc1nc(-c2cccc(OC(F)(F)F)c2)cs1. The zero-order chi connectivity index (χ0) is 22.9. The summed E-state index contributed by atoms with van der Waals surface area (Å²) in [4.78, 5) is 48.6. The van der Waals surface area contributed by atoms with Crippen LogP contribution in [-0.2, 0) is 11.2 Å². The van der Waals surface area contributed by atoms with Gasteiger partial charge in [-0.25, -0.2) is 14.8 Å². The van der Waals surface area contributed by atoms with Crippen LogP contribution in [0.25, 0.3) is 22.3 Å². The number of carbonyl (C=O) groups is 1. The molecule has 0 saturated carbocycles. The summed E-state index contributed by atoms with van der Waals surface area (Å²) >= 11 is 1.08. The number of aromatic nitrogens is 4. The number of halogens is 3. The summed E-state index contributed by atoms with van der Waals surface area (Å²) in [6, 6.07) is 6.78. The molecule has 3 heterocycles. The fourth-order valence-corrected chi connectivity index (χ4v) is 3.69. The number of nitrogens with one attached hydrogen (secondary N) is 3. The number of carbonyl (C=O) groups excluding carboxylic acids is 1. The number of ether oxygens (including phenoxy) is 1. The van der Waals surface area contributed by atoms with Crippen molar-refractivity contribution in [3.63, 3.8) is 0 Å². The molecule has 0 aliphatic heterocycles. The third kappa shape index (κ3) is 4.83. The molecule has 3 aromatic heterocycles. The van der Waals surface area contributed by atoms with Gasteiger partial charge >= 0.3 is 12.1 Å². The summed E-state index contributed by atoms with van der Waals surface area (Å²) in [5.41, 5.74) is -0.255. The highest BCUT2D eigenvalue weighted by atomic mass is 32.1. The van der Waals surface area contributed by atoms with Crippen molar-refractivity contribution in [1.29, 1.82) is 0 Å². The highest BCUT2D eigenvalue weighted by Crippen LogP contribution is 2.30. The lowest BCUT2D eigenvalue weighted by molar-refractivity contribution is -0.274. The number of hydrogen-bond acceptors (Lipinski definition) is 7. The molecule has 3 N–H and O–H groups in total. The predicted molar refractivity (Wildman–Crippen MR) is 110 cm³/mol. The Labute approximate surface area is 179 Å². The Kier molecular flexibility index (Phi) is 5.48. The Morgan fingerprint density at radius 2 is 2.00 bits per heavy atom. The van der Waals surface area contributed by atoms with E-state index >= 15 is 0 Å². The highest BCUT2D eigenvalue weighted by Gasteiger charge is 2.31. The zero-order valence-corrected chi connectivity index (χ0v) is 16.6. The van der Waals surface area contributed by atoms with E-state index in [0.29, 0.717) is 16.8 Å². The van der Waals surface area contributed by atoms with Crippen molar-refractivity contribution < 1.29 is 22.7 Å².